The minimum Gasteiger partial charge on any atom is -0.444 e. The molecule has 0 fully saturated rings. The second-order valence-electron chi connectivity index (χ2n) is 10.2. The van der Waals surface area contributed by atoms with Crippen molar-refractivity contribution in [2.45, 2.75) is 87.2 Å². The normalized spacial score (nSPS) is 15.5. The zero-order valence-corrected chi connectivity index (χ0v) is 23.8. The fourth-order valence-electron chi connectivity index (χ4n) is 3.72. The molecule has 3 N–H and O–H groups in total. The highest BCUT2D eigenvalue weighted by Gasteiger charge is 2.19. The van der Waals surface area contributed by atoms with E-state index in [0.29, 0.717) is 11.4 Å². The van der Waals surface area contributed by atoms with Crippen LogP contribution < -0.4 is 10.8 Å². The number of hydrogen-bond donors (Lipinski definition) is 3. The molecule has 1 aliphatic carbocycles. The molecule has 0 spiro atoms. The summed E-state index contributed by atoms with van der Waals surface area (Å²) in [5.41, 5.74) is 4.85. The standard InChI is InChI=1S/C28H40N4O3S2/c1-20(32-33)11-8-6-7-9-14-34-23-13-10-12-22(16-23)15-21(2)31-27-30-18-26(37-27)36-19-25-29-17-24(35-25)28(3,4)5/h10,12,16-18,23,32-33H,1-2,6-9,11,13-15,19H2,3-5H3,(H,30,31). The van der Waals surface area contributed by atoms with Crippen LogP contribution in [0.1, 0.15) is 77.4 Å². The third-order valence-electron chi connectivity index (χ3n) is 5.78. The van der Waals surface area contributed by atoms with Gasteiger partial charge in [0.1, 0.15) is 5.76 Å². The number of ether oxygens (including phenoxy) is 1. The van der Waals surface area contributed by atoms with Gasteiger partial charge in [-0.1, -0.05) is 76.3 Å². The van der Waals surface area contributed by atoms with Gasteiger partial charge in [-0.15, -0.1) is 11.8 Å². The molecule has 3 rings (SSSR count). The number of allylic oxidation sites excluding steroid dienone is 3. The first-order chi connectivity index (χ1) is 17.7. The summed E-state index contributed by atoms with van der Waals surface area (Å²) in [5.74, 6) is 2.31. The molecule has 37 heavy (non-hydrogen) atoms. The van der Waals surface area contributed by atoms with Gasteiger partial charge in [-0.2, -0.15) is 0 Å². The van der Waals surface area contributed by atoms with Crippen LogP contribution in [0.5, 0.6) is 0 Å². The fourth-order valence-corrected chi connectivity index (χ4v) is 5.49. The average molecular weight is 545 g/mol. The van der Waals surface area contributed by atoms with E-state index in [1.165, 1.54) is 5.57 Å². The van der Waals surface area contributed by atoms with Crippen LogP contribution in [-0.2, 0) is 15.9 Å². The van der Waals surface area contributed by atoms with Crippen LogP contribution in [0.25, 0.3) is 0 Å². The molecule has 0 saturated carbocycles. The Morgan fingerprint density at radius 1 is 1.19 bits per heavy atom. The Labute approximate surface area is 229 Å². The first kappa shape index (κ1) is 29.2. The Balaban J connectivity index is 1.35. The van der Waals surface area contributed by atoms with Crippen molar-refractivity contribution in [2.75, 3.05) is 11.9 Å². The molecule has 0 amide bonds. The summed E-state index contributed by atoms with van der Waals surface area (Å²) in [5, 5.41) is 12.9. The average Bonchev–Trinajstić information content (AvgIpc) is 3.51. The van der Waals surface area contributed by atoms with Gasteiger partial charge in [-0.05, 0) is 31.3 Å². The first-order valence-corrected chi connectivity index (χ1v) is 14.6. The van der Waals surface area contributed by atoms with Gasteiger partial charge in [0.25, 0.3) is 0 Å². The van der Waals surface area contributed by atoms with Crippen LogP contribution in [0.3, 0.4) is 0 Å². The number of unbranched alkanes of at least 4 members (excludes halogenated alkanes) is 3. The van der Waals surface area contributed by atoms with Gasteiger partial charge in [0, 0.05) is 29.8 Å². The molecule has 2 aromatic heterocycles. The number of hydroxylamine groups is 1. The zero-order chi connectivity index (χ0) is 26.7. The number of aromatic nitrogens is 2. The maximum Gasteiger partial charge on any atom is 0.204 e. The van der Waals surface area contributed by atoms with Crippen LogP contribution in [0.4, 0.5) is 5.13 Å². The Bertz CT molecular complexity index is 1080. The Morgan fingerprint density at radius 2 is 2.00 bits per heavy atom. The lowest BCUT2D eigenvalue weighted by molar-refractivity contribution is 0.0825. The molecule has 1 aliphatic rings. The zero-order valence-electron chi connectivity index (χ0n) is 22.2. The molecule has 0 bridgehead atoms. The van der Waals surface area contributed by atoms with Crippen LogP contribution >= 0.6 is 23.1 Å². The quantitative estimate of drug-likeness (QED) is 0.112. The monoisotopic (exact) mass is 544 g/mol. The number of nitrogens with zero attached hydrogens (tertiary/aromatic N) is 2. The van der Waals surface area contributed by atoms with E-state index < -0.39 is 0 Å². The van der Waals surface area contributed by atoms with Crippen LogP contribution in [0, 0.1) is 0 Å². The number of nitrogens with one attached hydrogen (secondary N) is 2. The molecule has 202 valence electrons. The van der Waals surface area contributed by atoms with Crippen molar-refractivity contribution in [3.63, 3.8) is 0 Å². The van der Waals surface area contributed by atoms with E-state index in [-0.39, 0.29) is 11.5 Å². The van der Waals surface area contributed by atoms with E-state index >= 15 is 0 Å². The van der Waals surface area contributed by atoms with E-state index in [4.69, 9.17) is 14.4 Å². The molecule has 2 heterocycles. The van der Waals surface area contributed by atoms with Crippen molar-refractivity contribution < 1.29 is 14.4 Å². The summed E-state index contributed by atoms with van der Waals surface area (Å²) in [6.45, 7) is 15.0. The second kappa shape index (κ2) is 14.6. The summed E-state index contributed by atoms with van der Waals surface area (Å²) in [4.78, 5) is 8.90. The van der Waals surface area contributed by atoms with Crippen LogP contribution in [0.15, 0.2) is 69.4 Å². The van der Waals surface area contributed by atoms with Gasteiger partial charge in [-0.3, -0.25) is 10.7 Å². The van der Waals surface area contributed by atoms with Gasteiger partial charge in [0.2, 0.25) is 5.89 Å². The third-order valence-corrected chi connectivity index (χ3v) is 7.87. The van der Waals surface area contributed by atoms with E-state index in [1.54, 1.807) is 23.1 Å². The number of rotatable bonds is 16. The van der Waals surface area contributed by atoms with E-state index in [0.717, 1.165) is 78.2 Å². The lowest BCUT2D eigenvalue weighted by Gasteiger charge is -2.18. The van der Waals surface area contributed by atoms with Crippen LogP contribution in [-0.4, -0.2) is 27.9 Å². The third kappa shape index (κ3) is 10.5. The second-order valence-corrected chi connectivity index (χ2v) is 12.5. The van der Waals surface area contributed by atoms with Gasteiger partial charge in [0.15, 0.2) is 5.13 Å². The topological polar surface area (TPSA) is 92.4 Å². The summed E-state index contributed by atoms with van der Waals surface area (Å²) in [6.07, 6.45) is 17.1. The summed E-state index contributed by atoms with van der Waals surface area (Å²) < 4.78 is 13.1. The van der Waals surface area contributed by atoms with Crippen molar-refractivity contribution in [1.29, 1.82) is 0 Å². The summed E-state index contributed by atoms with van der Waals surface area (Å²) >= 11 is 3.28. The fraction of sp³-hybridized carbons (Fsp3) is 0.500. The summed E-state index contributed by atoms with van der Waals surface area (Å²) in [7, 11) is 0. The van der Waals surface area contributed by atoms with Crippen molar-refractivity contribution in [3.8, 4) is 0 Å². The lowest BCUT2D eigenvalue weighted by Crippen LogP contribution is -2.13. The largest absolute Gasteiger partial charge is 0.444 e. The van der Waals surface area contributed by atoms with Crippen molar-refractivity contribution >= 4 is 28.2 Å². The molecule has 9 heteroatoms. The molecule has 7 nitrogen and oxygen atoms in total. The van der Waals surface area contributed by atoms with Gasteiger partial charge in [-0.25, -0.2) is 9.97 Å². The van der Waals surface area contributed by atoms with Crippen molar-refractivity contribution in [1.82, 2.24) is 15.4 Å². The lowest BCUT2D eigenvalue weighted by atomic mass is 9.94. The SMILES string of the molecule is C=C(CCCCCCOC1C=C(CC(=C)Nc2ncc(SCc3ncc(C(C)(C)C)o3)s2)C=CC1)NO. The molecule has 0 aliphatic heterocycles. The van der Waals surface area contributed by atoms with E-state index in [1.807, 2.05) is 12.4 Å². The van der Waals surface area contributed by atoms with Gasteiger partial charge in [0.05, 0.1) is 28.5 Å². The molecule has 1 atom stereocenters. The highest BCUT2D eigenvalue weighted by molar-refractivity contribution is 8.00. The number of anilines is 1. The maximum atomic E-state index is 8.75. The minimum atomic E-state index is -0.0388. The van der Waals surface area contributed by atoms with Crippen molar-refractivity contribution in [2.24, 2.45) is 0 Å². The van der Waals surface area contributed by atoms with E-state index in [2.05, 4.69) is 72.9 Å². The Hall–Kier alpha value is -2.33. The minimum absolute atomic E-state index is 0.0388. The Morgan fingerprint density at radius 3 is 2.76 bits per heavy atom. The first-order valence-electron chi connectivity index (χ1n) is 12.8. The molecule has 2 aromatic rings. The number of thioether (sulfide) groups is 1. The smallest absolute Gasteiger partial charge is 0.204 e. The van der Waals surface area contributed by atoms with Gasteiger partial charge >= 0.3 is 0 Å². The van der Waals surface area contributed by atoms with Gasteiger partial charge < -0.3 is 14.5 Å². The molecule has 0 radical (unpaired) electrons. The Kier molecular flexibility index (Phi) is 11.5. The molecule has 0 aromatic carbocycles. The number of hydrogen-bond acceptors (Lipinski definition) is 9. The van der Waals surface area contributed by atoms with Crippen LogP contribution in [0.2, 0.25) is 0 Å². The van der Waals surface area contributed by atoms with E-state index in [9.17, 15) is 0 Å². The summed E-state index contributed by atoms with van der Waals surface area (Å²) in [6, 6.07) is 0. The van der Waals surface area contributed by atoms with Crippen molar-refractivity contribution in [3.05, 3.63) is 72.4 Å². The highest BCUT2D eigenvalue weighted by atomic mass is 32.2. The number of oxazole rings is 1. The molecule has 1 unspecified atom stereocenters. The molecular weight excluding hydrogens is 504 g/mol. The maximum absolute atomic E-state index is 8.75. The number of thiazole rings is 1. The predicted molar refractivity (Wildman–Crippen MR) is 153 cm³/mol. The highest BCUT2D eigenvalue weighted by Crippen LogP contribution is 2.32. The predicted octanol–water partition coefficient (Wildman–Crippen LogP) is 7.75. The molecular formula is C28H40N4O3S2. The molecule has 0 saturated heterocycles.